The number of carbonyl (C=O) groups excluding carboxylic acids is 1. The van der Waals surface area contributed by atoms with Crippen LogP contribution in [0, 0.1) is 11.6 Å². The standard InChI is InChI=1S/C11H7BrF2N2O/c12-6-4-9(15-5-6)11(17)16-8-3-1-2-7(13)10(8)14/h1-5,15H,(H,16,17). The minimum absolute atomic E-state index is 0.194. The van der Waals surface area contributed by atoms with E-state index in [1.54, 1.807) is 6.20 Å². The van der Waals surface area contributed by atoms with Crippen LogP contribution in [0.1, 0.15) is 10.5 Å². The maximum Gasteiger partial charge on any atom is 0.272 e. The Bertz CT molecular complexity index is 568. The first-order valence-electron chi connectivity index (χ1n) is 4.67. The third-order valence-electron chi connectivity index (χ3n) is 2.09. The maximum atomic E-state index is 13.3. The Balaban J connectivity index is 2.21. The molecule has 3 nitrogen and oxygen atoms in total. The van der Waals surface area contributed by atoms with Gasteiger partial charge in [-0.05, 0) is 34.1 Å². The minimum Gasteiger partial charge on any atom is -0.356 e. The van der Waals surface area contributed by atoms with Gasteiger partial charge in [0.2, 0.25) is 0 Å². The van der Waals surface area contributed by atoms with Crippen molar-refractivity contribution in [3.8, 4) is 0 Å². The molecular weight excluding hydrogens is 294 g/mol. The van der Waals surface area contributed by atoms with Gasteiger partial charge in [0, 0.05) is 10.7 Å². The Hall–Kier alpha value is -1.69. The Morgan fingerprint density at radius 2 is 2.12 bits per heavy atom. The van der Waals surface area contributed by atoms with Gasteiger partial charge < -0.3 is 10.3 Å². The summed E-state index contributed by atoms with van der Waals surface area (Å²) in [5.74, 6) is -2.62. The summed E-state index contributed by atoms with van der Waals surface area (Å²) in [6.07, 6.45) is 1.57. The summed E-state index contributed by atoms with van der Waals surface area (Å²) in [4.78, 5) is 14.3. The molecule has 1 heterocycles. The molecule has 0 spiro atoms. The molecule has 2 N–H and O–H groups in total. The van der Waals surface area contributed by atoms with Crippen molar-refractivity contribution in [3.63, 3.8) is 0 Å². The minimum atomic E-state index is -1.08. The number of carbonyl (C=O) groups is 1. The first-order chi connectivity index (χ1) is 8.08. The summed E-state index contributed by atoms with van der Waals surface area (Å²) in [6, 6.07) is 5.12. The van der Waals surface area contributed by atoms with Crippen LogP contribution in [-0.4, -0.2) is 10.9 Å². The molecule has 0 aliphatic heterocycles. The van der Waals surface area contributed by atoms with E-state index in [1.165, 1.54) is 18.2 Å². The number of aromatic nitrogens is 1. The van der Waals surface area contributed by atoms with E-state index < -0.39 is 17.5 Å². The number of aromatic amines is 1. The van der Waals surface area contributed by atoms with Gasteiger partial charge in [0.25, 0.3) is 5.91 Å². The van der Waals surface area contributed by atoms with Crippen LogP contribution in [0.2, 0.25) is 0 Å². The van der Waals surface area contributed by atoms with Crippen molar-refractivity contribution in [3.05, 3.63) is 52.3 Å². The summed E-state index contributed by atoms with van der Waals surface area (Å²) in [6.45, 7) is 0. The largest absolute Gasteiger partial charge is 0.356 e. The lowest BCUT2D eigenvalue weighted by Crippen LogP contribution is -2.13. The highest BCUT2D eigenvalue weighted by molar-refractivity contribution is 9.10. The quantitative estimate of drug-likeness (QED) is 0.878. The number of H-pyrrole nitrogens is 1. The fraction of sp³-hybridized carbons (Fsp3) is 0. The molecule has 88 valence electrons. The topological polar surface area (TPSA) is 44.9 Å². The molecule has 1 aromatic heterocycles. The zero-order chi connectivity index (χ0) is 12.4. The van der Waals surface area contributed by atoms with Gasteiger partial charge in [-0.1, -0.05) is 6.07 Å². The van der Waals surface area contributed by atoms with Crippen LogP contribution >= 0.6 is 15.9 Å². The van der Waals surface area contributed by atoms with Gasteiger partial charge in [0.1, 0.15) is 5.69 Å². The van der Waals surface area contributed by atoms with Gasteiger partial charge >= 0.3 is 0 Å². The number of halogens is 3. The van der Waals surface area contributed by atoms with Crippen LogP contribution in [0.5, 0.6) is 0 Å². The number of nitrogens with one attached hydrogen (secondary N) is 2. The lowest BCUT2D eigenvalue weighted by molar-refractivity contribution is 0.102. The van der Waals surface area contributed by atoms with Gasteiger partial charge in [-0.3, -0.25) is 4.79 Å². The van der Waals surface area contributed by atoms with Crippen LogP contribution in [0.3, 0.4) is 0 Å². The van der Waals surface area contributed by atoms with E-state index in [4.69, 9.17) is 0 Å². The van der Waals surface area contributed by atoms with Crippen molar-refractivity contribution in [2.45, 2.75) is 0 Å². The van der Waals surface area contributed by atoms with E-state index >= 15 is 0 Å². The molecule has 17 heavy (non-hydrogen) atoms. The van der Waals surface area contributed by atoms with E-state index in [9.17, 15) is 13.6 Å². The molecule has 2 aromatic rings. The first kappa shape index (κ1) is 11.8. The van der Waals surface area contributed by atoms with Crippen LogP contribution in [-0.2, 0) is 0 Å². The second kappa shape index (κ2) is 4.67. The van der Waals surface area contributed by atoms with E-state index in [0.29, 0.717) is 4.47 Å². The predicted molar refractivity (Wildman–Crippen MR) is 62.8 cm³/mol. The number of rotatable bonds is 2. The van der Waals surface area contributed by atoms with E-state index in [2.05, 4.69) is 26.2 Å². The maximum absolute atomic E-state index is 13.3. The highest BCUT2D eigenvalue weighted by atomic mass is 79.9. The molecule has 6 heteroatoms. The van der Waals surface area contributed by atoms with Gasteiger partial charge in [0.15, 0.2) is 11.6 Å². The smallest absolute Gasteiger partial charge is 0.272 e. The molecule has 0 radical (unpaired) electrons. The number of benzene rings is 1. The molecule has 0 fully saturated rings. The normalized spacial score (nSPS) is 10.3. The van der Waals surface area contributed by atoms with Crippen LogP contribution in [0.25, 0.3) is 0 Å². The Kier molecular flexibility index (Phi) is 3.23. The summed E-state index contributed by atoms with van der Waals surface area (Å²) >= 11 is 3.17. The number of amides is 1. The fourth-order valence-electron chi connectivity index (χ4n) is 1.29. The number of hydrogen-bond donors (Lipinski definition) is 2. The van der Waals surface area contributed by atoms with Crippen molar-refractivity contribution < 1.29 is 13.6 Å². The molecule has 0 aliphatic rings. The molecule has 0 bridgehead atoms. The van der Waals surface area contributed by atoms with Crippen LogP contribution in [0.15, 0.2) is 34.9 Å². The summed E-state index contributed by atoms with van der Waals surface area (Å²) < 4.78 is 26.9. The van der Waals surface area contributed by atoms with Crippen molar-refractivity contribution in [1.82, 2.24) is 4.98 Å². The average molecular weight is 301 g/mol. The fourth-order valence-corrected chi connectivity index (χ4v) is 1.63. The van der Waals surface area contributed by atoms with Gasteiger partial charge in [-0.15, -0.1) is 0 Å². The zero-order valence-corrected chi connectivity index (χ0v) is 10.0. The summed E-state index contributed by atoms with van der Waals surface area (Å²) in [5, 5.41) is 2.27. The van der Waals surface area contributed by atoms with E-state index in [0.717, 1.165) is 6.07 Å². The molecule has 0 saturated heterocycles. The Morgan fingerprint density at radius 3 is 2.76 bits per heavy atom. The molecular formula is C11H7BrF2N2O. The van der Waals surface area contributed by atoms with E-state index in [-0.39, 0.29) is 11.4 Å². The van der Waals surface area contributed by atoms with Crippen molar-refractivity contribution in [2.24, 2.45) is 0 Å². The average Bonchev–Trinajstić information content (AvgIpc) is 2.72. The molecule has 0 saturated carbocycles. The van der Waals surface area contributed by atoms with Crippen LogP contribution < -0.4 is 5.32 Å². The third-order valence-corrected chi connectivity index (χ3v) is 2.55. The first-order valence-corrected chi connectivity index (χ1v) is 5.46. The van der Waals surface area contributed by atoms with Gasteiger partial charge in [-0.2, -0.15) is 0 Å². The highest BCUT2D eigenvalue weighted by Crippen LogP contribution is 2.18. The second-order valence-corrected chi connectivity index (χ2v) is 4.20. The van der Waals surface area contributed by atoms with Crippen molar-refractivity contribution >= 4 is 27.5 Å². The molecule has 0 aliphatic carbocycles. The monoisotopic (exact) mass is 300 g/mol. The molecule has 1 amide bonds. The highest BCUT2D eigenvalue weighted by Gasteiger charge is 2.13. The van der Waals surface area contributed by atoms with Gasteiger partial charge in [0.05, 0.1) is 5.69 Å². The molecule has 2 rings (SSSR count). The summed E-state index contributed by atoms with van der Waals surface area (Å²) in [7, 11) is 0. The predicted octanol–water partition coefficient (Wildman–Crippen LogP) is 3.31. The summed E-state index contributed by atoms with van der Waals surface area (Å²) in [5.41, 5.74) is 0.0567. The third kappa shape index (κ3) is 2.52. The van der Waals surface area contributed by atoms with Crippen molar-refractivity contribution in [2.75, 3.05) is 5.32 Å². The van der Waals surface area contributed by atoms with Gasteiger partial charge in [-0.25, -0.2) is 8.78 Å². The molecule has 0 unspecified atom stereocenters. The van der Waals surface area contributed by atoms with Crippen molar-refractivity contribution in [1.29, 1.82) is 0 Å². The molecule has 0 atom stereocenters. The lowest BCUT2D eigenvalue weighted by Gasteiger charge is -2.05. The Labute approximate surface area is 104 Å². The number of hydrogen-bond acceptors (Lipinski definition) is 1. The van der Waals surface area contributed by atoms with E-state index in [1.807, 2.05) is 0 Å². The molecule has 1 aromatic carbocycles. The Morgan fingerprint density at radius 1 is 1.35 bits per heavy atom. The number of anilines is 1. The van der Waals surface area contributed by atoms with Crippen LogP contribution in [0.4, 0.5) is 14.5 Å². The zero-order valence-electron chi connectivity index (χ0n) is 8.43. The SMILES string of the molecule is O=C(Nc1cccc(F)c1F)c1cc(Br)c[nH]1. The lowest BCUT2D eigenvalue weighted by atomic mass is 10.3. The second-order valence-electron chi connectivity index (χ2n) is 3.29.